The van der Waals surface area contributed by atoms with E-state index in [4.69, 9.17) is 6.42 Å². The highest BCUT2D eigenvalue weighted by atomic mass is 16.2. The number of likely N-dealkylation sites (N-methyl/N-ethyl adjacent to an activating group) is 1. The van der Waals surface area contributed by atoms with Crippen molar-refractivity contribution >= 4 is 41.0 Å². The SMILES string of the molecule is C#CCCN(CC(=O)N[C@@H](CCC(=O)C(=O)NCC)C(=O)Nc1cccn(CC(=O)NC2C3CC4CC(C3)CC2C4)c1=O)C(C)=O. The Balaban J connectivity index is 1.41. The van der Waals surface area contributed by atoms with Gasteiger partial charge in [0.25, 0.3) is 11.5 Å². The standard InChI is InChI=1S/C33H44N6O7/c1-4-6-11-38(20(3)40)18-28(42)35-25(9-10-27(41)32(45)34-5-2)31(44)36-26-8-7-12-39(33(26)46)19-29(43)37-30-23-14-21-13-22(16-23)17-24(30)15-21/h1,7-8,12,21-25,30H,5-6,9-11,13-19H2,2-3H3,(H,34,45)(H,35,42)(H,36,44)(H,37,43)/t21?,22?,23?,24?,25-,30?/m0/s1. The number of pyridine rings is 1. The van der Waals surface area contributed by atoms with E-state index in [9.17, 15) is 33.6 Å². The van der Waals surface area contributed by atoms with Crippen LogP contribution in [-0.4, -0.2) is 76.5 Å². The fourth-order valence-electron chi connectivity index (χ4n) is 7.40. The largest absolute Gasteiger partial charge is 0.351 e. The molecule has 4 fully saturated rings. The number of ketones is 1. The van der Waals surface area contributed by atoms with Gasteiger partial charge in [-0.05, 0) is 81.3 Å². The summed E-state index contributed by atoms with van der Waals surface area (Å²) in [5.41, 5.74) is -0.736. The second kappa shape index (κ2) is 15.7. The fourth-order valence-corrected chi connectivity index (χ4v) is 7.40. The summed E-state index contributed by atoms with van der Waals surface area (Å²) >= 11 is 0. The van der Waals surface area contributed by atoms with Crippen LogP contribution in [0.2, 0.25) is 0 Å². The second-order valence-corrected chi connectivity index (χ2v) is 12.7. The maximum absolute atomic E-state index is 13.4. The lowest BCUT2D eigenvalue weighted by molar-refractivity contribution is -0.138. The van der Waals surface area contributed by atoms with E-state index >= 15 is 0 Å². The van der Waals surface area contributed by atoms with Crippen molar-refractivity contribution in [3.05, 3.63) is 28.7 Å². The topological polar surface area (TPSA) is 176 Å². The van der Waals surface area contributed by atoms with Gasteiger partial charge in [0.1, 0.15) is 18.3 Å². The van der Waals surface area contributed by atoms with Crippen LogP contribution in [0, 0.1) is 36.0 Å². The summed E-state index contributed by atoms with van der Waals surface area (Å²) in [5.74, 6) is 1.14. The number of hydrogen-bond acceptors (Lipinski definition) is 7. The van der Waals surface area contributed by atoms with Gasteiger partial charge in [-0.1, -0.05) is 0 Å². The first-order valence-corrected chi connectivity index (χ1v) is 16.1. The van der Waals surface area contributed by atoms with Crippen LogP contribution in [0.5, 0.6) is 0 Å². The lowest BCUT2D eigenvalue weighted by Gasteiger charge is -2.54. The van der Waals surface area contributed by atoms with Crippen LogP contribution in [0.3, 0.4) is 0 Å². The van der Waals surface area contributed by atoms with E-state index in [0.717, 1.165) is 37.5 Å². The molecule has 4 aliphatic rings. The molecule has 0 unspecified atom stereocenters. The quantitative estimate of drug-likeness (QED) is 0.161. The van der Waals surface area contributed by atoms with Crippen LogP contribution in [0.4, 0.5) is 5.69 Å². The average molecular weight is 637 g/mol. The van der Waals surface area contributed by atoms with Crippen LogP contribution in [0.25, 0.3) is 0 Å². The van der Waals surface area contributed by atoms with E-state index in [2.05, 4.69) is 27.2 Å². The molecule has 0 spiro atoms. The summed E-state index contributed by atoms with van der Waals surface area (Å²) in [6.45, 7) is 2.70. The van der Waals surface area contributed by atoms with Crippen molar-refractivity contribution in [2.24, 2.45) is 23.7 Å². The number of hydrogen-bond donors (Lipinski definition) is 4. The molecule has 4 saturated carbocycles. The van der Waals surface area contributed by atoms with Gasteiger partial charge in [-0.3, -0.25) is 33.6 Å². The summed E-state index contributed by atoms with van der Waals surface area (Å²) in [7, 11) is 0. The highest BCUT2D eigenvalue weighted by molar-refractivity contribution is 6.36. The molecule has 1 aromatic heterocycles. The first-order chi connectivity index (χ1) is 22.0. The Morgan fingerprint density at radius 2 is 1.72 bits per heavy atom. The third-order valence-corrected chi connectivity index (χ3v) is 9.35. The van der Waals surface area contributed by atoms with E-state index in [1.807, 2.05) is 0 Å². The second-order valence-electron chi connectivity index (χ2n) is 12.7. The highest BCUT2D eigenvalue weighted by Gasteiger charge is 2.48. The molecule has 0 aliphatic heterocycles. The molecule has 0 radical (unpaired) electrons. The van der Waals surface area contributed by atoms with Crippen LogP contribution in [-0.2, 0) is 35.3 Å². The normalized spacial score (nSPS) is 23.0. The van der Waals surface area contributed by atoms with E-state index < -0.39 is 41.0 Å². The van der Waals surface area contributed by atoms with Gasteiger partial charge in [-0.2, -0.15) is 0 Å². The molecule has 13 heteroatoms. The number of anilines is 1. The first-order valence-electron chi connectivity index (χ1n) is 16.1. The number of amides is 5. The minimum Gasteiger partial charge on any atom is -0.351 e. The van der Waals surface area contributed by atoms with Gasteiger partial charge in [-0.15, -0.1) is 12.3 Å². The molecule has 4 aliphatic carbocycles. The van der Waals surface area contributed by atoms with Gasteiger partial charge in [-0.25, -0.2) is 0 Å². The Hall–Kier alpha value is -4.47. The van der Waals surface area contributed by atoms with Crippen molar-refractivity contribution in [1.29, 1.82) is 0 Å². The maximum atomic E-state index is 13.4. The summed E-state index contributed by atoms with van der Waals surface area (Å²) in [6.07, 6.45) is 12.2. The molecule has 1 atom stereocenters. The zero-order valence-corrected chi connectivity index (χ0v) is 26.5. The molecule has 0 aromatic carbocycles. The third kappa shape index (κ3) is 8.83. The van der Waals surface area contributed by atoms with E-state index in [1.165, 1.54) is 41.1 Å². The monoisotopic (exact) mass is 636 g/mol. The number of terminal acetylenes is 1. The van der Waals surface area contributed by atoms with E-state index in [-0.39, 0.29) is 63.1 Å². The van der Waals surface area contributed by atoms with Gasteiger partial charge < -0.3 is 30.7 Å². The number of carbonyl (C=O) groups excluding carboxylic acids is 6. The average Bonchev–Trinajstić information content (AvgIpc) is 3.00. The van der Waals surface area contributed by atoms with Gasteiger partial charge in [0, 0.05) is 45.1 Å². The van der Waals surface area contributed by atoms with Crippen LogP contribution < -0.4 is 26.8 Å². The zero-order chi connectivity index (χ0) is 33.4. The lowest BCUT2D eigenvalue weighted by Crippen LogP contribution is -2.56. The van der Waals surface area contributed by atoms with Crippen LogP contribution >= 0.6 is 0 Å². The maximum Gasteiger partial charge on any atom is 0.287 e. The number of aromatic nitrogens is 1. The zero-order valence-electron chi connectivity index (χ0n) is 26.5. The Morgan fingerprint density at radius 3 is 2.33 bits per heavy atom. The summed E-state index contributed by atoms with van der Waals surface area (Å²) < 4.78 is 1.21. The molecule has 4 bridgehead atoms. The third-order valence-electron chi connectivity index (χ3n) is 9.35. The minimum absolute atomic E-state index is 0.121. The van der Waals surface area contributed by atoms with Crippen molar-refractivity contribution in [2.45, 2.75) is 83.8 Å². The molecular weight excluding hydrogens is 592 g/mol. The Kier molecular flexibility index (Phi) is 11.7. The molecule has 0 saturated heterocycles. The molecule has 5 amide bonds. The Morgan fingerprint density at radius 1 is 1.04 bits per heavy atom. The summed E-state index contributed by atoms with van der Waals surface area (Å²) in [6, 6.07) is 1.70. The first kappa shape index (κ1) is 34.4. The summed E-state index contributed by atoms with van der Waals surface area (Å²) in [5, 5.41) is 10.6. The van der Waals surface area contributed by atoms with Gasteiger partial charge in [0.05, 0.1) is 6.54 Å². The lowest BCUT2D eigenvalue weighted by atomic mass is 9.54. The molecule has 13 nitrogen and oxygen atoms in total. The van der Waals surface area contributed by atoms with Crippen molar-refractivity contribution in [3.8, 4) is 12.3 Å². The molecule has 46 heavy (non-hydrogen) atoms. The number of carbonyl (C=O) groups is 6. The van der Waals surface area contributed by atoms with E-state index in [1.54, 1.807) is 6.92 Å². The van der Waals surface area contributed by atoms with Crippen molar-refractivity contribution in [2.75, 3.05) is 25.0 Å². The highest BCUT2D eigenvalue weighted by Crippen LogP contribution is 2.53. The van der Waals surface area contributed by atoms with Gasteiger partial charge >= 0.3 is 0 Å². The van der Waals surface area contributed by atoms with Crippen LogP contribution in [0.15, 0.2) is 23.1 Å². The number of Topliss-reactive ketones (excluding diaryl/α,β-unsaturated/α-hetero) is 1. The molecule has 5 rings (SSSR count). The van der Waals surface area contributed by atoms with Gasteiger partial charge in [0.15, 0.2) is 0 Å². The predicted octanol–water partition coefficient (Wildman–Crippen LogP) is 0.570. The van der Waals surface area contributed by atoms with E-state index in [0.29, 0.717) is 11.8 Å². The number of nitrogens with one attached hydrogen (secondary N) is 4. The minimum atomic E-state index is -1.32. The molecule has 248 valence electrons. The number of rotatable bonds is 15. The molecule has 1 heterocycles. The predicted molar refractivity (Wildman–Crippen MR) is 169 cm³/mol. The van der Waals surface area contributed by atoms with Crippen molar-refractivity contribution in [1.82, 2.24) is 25.4 Å². The molecule has 1 aromatic rings. The van der Waals surface area contributed by atoms with Crippen molar-refractivity contribution in [3.63, 3.8) is 0 Å². The molecule has 4 N–H and O–H groups in total. The summed E-state index contributed by atoms with van der Waals surface area (Å²) in [4.78, 5) is 90.0. The Labute approximate surface area is 268 Å². The van der Waals surface area contributed by atoms with Crippen LogP contribution in [0.1, 0.15) is 65.2 Å². The van der Waals surface area contributed by atoms with Gasteiger partial charge in [0.2, 0.25) is 29.4 Å². The molecular formula is C33H44N6O7. The van der Waals surface area contributed by atoms with Crippen molar-refractivity contribution < 1.29 is 28.8 Å². The smallest absolute Gasteiger partial charge is 0.287 e. The number of nitrogens with zero attached hydrogens (tertiary/aromatic N) is 2. The Bertz CT molecular complexity index is 1420. The fraction of sp³-hybridized carbons (Fsp3) is 0.606.